The van der Waals surface area contributed by atoms with Gasteiger partial charge in [0.1, 0.15) is 0 Å². The van der Waals surface area contributed by atoms with Crippen LogP contribution in [0.2, 0.25) is 0 Å². The van der Waals surface area contributed by atoms with Crippen LogP contribution in [-0.2, 0) is 5.75 Å². The van der Waals surface area contributed by atoms with E-state index in [2.05, 4.69) is 42.3 Å². The minimum Gasteiger partial charge on any atom is -0.136 e. The Hall–Kier alpha value is -1.65. The number of terminal acetylenes is 1. The van der Waals surface area contributed by atoms with Crippen LogP contribution in [0.4, 0.5) is 0 Å². The van der Waals surface area contributed by atoms with E-state index in [4.69, 9.17) is 6.42 Å². The maximum absolute atomic E-state index is 5.60. The van der Waals surface area contributed by atoms with Gasteiger partial charge in [0.25, 0.3) is 0 Å². The van der Waals surface area contributed by atoms with Gasteiger partial charge in [-0.1, -0.05) is 66.6 Å². The average Bonchev–Trinajstić information content (AvgIpc) is 2.42. The second-order valence-electron chi connectivity index (χ2n) is 3.75. The summed E-state index contributed by atoms with van der Waals surface area (Å²) in [6.07, 6.45) is 5.60. The monoisotopic (exact) mass is 238 g/mol. The number of hydrogen-bond acceptors (Lipinski definition) is 1. The fourth-order valence-electron chi connectivity index (χ4n) is 1.62. The lowest BCUT2D eigenvalue weighted by Crippen LogP contribution is -1.91. The van der Waals surface area contributed by atoms with E-state index in [9.17, 15) is 0 Å². The van der Waals surface area contributed by atoms with Gasteiger partial charge in [-0.2, -0.15) is 0 Å². The summed E-state index contributed by atoms with van der Waals surface area (Å²) >= 11 is 1.79. The number of rotatable bonds is 4. The summed E-state index contributed by atoms with van der Waals surface area (Å²) in [5, 5.41) is 0.136. The molecule has 17 heavy (non-hydrogen) atoms. The van der Waals surface area contributed by atoms with Crippen LogP contribution in [0.15, 0.2) is 60.7 Å². The molecular weight excluding hydrogens is 224 g/mol. The van der Waals surface area contributed by atoms with E-state index in [-0.39, 0.29) is 5.25 Å². The van der Waals surface area contributed by atoms with E-state index < -0.39 is 0 Å². The summed E-state index contributed by atoms with van der Waals surface area (Å²) in [6.45, 7) is 0. The summed E-state index contributed by atoms with van der Waals surface area (Å²) < 4.78 is 0. The normalized spacial score (nSPS) is 11.7. The Morgan fingerprint density at radius 2 is 1.53 bits per heavy atom. The van der Waals surface area contributed by atoms with E-state index >= 15 is 0 Å². The zero-order valence-corrected chi connectivity index (χ0v) is 10.4. The highest BCUT2D eigenvalue weighted by atomic mass is 32.2. The summed E-state index contributed by atoms with van der Waals surface area (Å²) in [6, 6.07) is 20.7. The molecule has 0 aliphatic heterocycles. The standard InChI is InChI=1S/C16H14S/c1-2-16(15-11-7-4-8-12-15)17-13-14-9-5-3-6-10-14/h1,3-12,16H,13H2. The van der Waals surface area contributed by atoms with Gasteiger partial charge >= 0.3 is 0 Å². The van der Waals surface area contributed by atoms with Gasteiger partial charge in [-0.15, -0.1) is 18.2 Å². The Morgan fingerprint density at radius 1 is 0.941 bits per heavy atom. The van der Waals surface area contributed by atoms with Crippen molar-refractivity contribution in [1.29, 1.82) is 0 Å². The molecule has 2 rings (SSSR count). The van der Waals surface area contributed by atoms with Crippen LogP contribution < -0.4 is 0 Å². The molecule has 0 fully saturated rings. The first-order valence-corrected chi connectivity index (χ1v) is 6.61. The van der Waals surface area contributed by atoms with Crippen LogP contribution >= 0.6 is 11.8 Å². The first-order valence-electron chi connectivity index (χ1n) is 5.57. The Kier molecular flexibility index (Phi) is 4.30. The summed E-state index contributed by atoms with van der Waals surface area (Å²) in [7, 11) is 0. The average molecular weight is 238 g/mol. The van der Waals surface area contributed by atoms with Gasteiger partial charge in [0.05, 0.1) is 5.25 Å². The third-order valence-electron chi connectivity index (χ3n) is 2.51. The lowest BCUT2D eigenvalue weighted by molar-refractivity contribution is 1.26. The Bertz CT molecular complexity index is 482. The molecule has 0 spiro atoms. The molecule has 2 aromatic rings. The van der Waals surface area contributed by atoms with Crippen molar-refractivity contribution in [1.82, 2.24) is 0 Å². The van der Waals surface area contributed by atoms with Gasteiger partial charge in [-0.25, -0.2) is 0 Å². The third kappa shape index (κ3) is 3.41. The molecule has 0 bridgehead atoms. The van der Waals surface area contributed by atoms with Crippen molar-refractivity contribution in [3.63, 3.8) is 0 Å². The van der Waals surface area contributed by atoms with Gasteiger partial charge in [0.2, 0.25) is 0 Å². The minimum atomic E-state index is 0.136. The van der Waals surface area contributed by atoms with E-state index in [1.165, 1.54) is 11.1 Å². The lowest BCUT2D eigenvalue weighted by Gasteiger charge is -2.10. The SMILES string of the molecule is C#CC(SCc1ccccc1)c1ccccc1. The van der Waals surface area contributed by atoms with Crippen molar-refractivity contribution < 1.29 is 0 Å². The van der Waals surface area contributed by atoms with E-state index in [0.717, 1.165) is 5.75 Å². The molecule has 1 atom stereocenters. The molecule has 0 radical (unpaired) electrons. The molecule has 0 amide bonds. The van der Waals surface area contributed by atoms with Crippen molar-refractivity contribution in [2.75, 3.05) is 0 Å². The smallest absolute Gasteiger partial charge is 0.0906 e. The highest BCUT2D eigenvalue weighted by Gasteiger charge is 2.07. The molecule has 0 aromatic heterocycles. The fourth-order valence-corrected chi connectivity index (χ4v) is 2.62. The highest BCUT2D eigenvalue weighted by molar-refractivity contribution is 7.99. The molecule has 0 nitrogen and oxygen atoms in total. The molecule has 0 aliphatic carbocycles. The molecule has 0 saturated carbocycles. The first kappa shape index (κ1) is 11.8. The number of hydrogen-bond donors (Lipinski definition) is 0. The van der Waals surface area contributed by atoms with Gasteiger partial charge < -0.3 is 0 Å². The second kappa shape index (κ2) is 6.18. The summed E-state index contributed by atoms with van der Waals surface area (Å²) in [5.41, 5.74) is 2.52. The van der Waals surface area contributed by atoms with Gasteiger partial charge in [-0.05, 0) is 11.1 Å². The Morgan fingerprint density at radius 3 is 2.12 bits per heavy atom. The van der Waals surface area contributed by atoms with Crippen molar-refractivity contribution in [2.45, 2.75) is 11.0 Å². The maximum atomic E-state index is 5.60. The molecule has 1 unspecified atom stereocenters. The van der Waals surface area contributed by atoms with Crippen LogP contribution in [0.5, 0.6) is 0 Å². The lowest BCUT2D eigenvalue weighted by atomic mass is 10.2. The third-order valence-corrected chi connectivity index (χ3v) is 3.75. The predicted octanol–water partition coefficient (Wildman–Crippen LogP) is 4.29. The van der Waals surface area contributed by atoms with Crippen molar-refractivity contribution in [2.24, 2.45) is 0 Å². The number of benzene rings is 2. The number of thioether (sulfide) groups is 1. The zero-order chi connectivity index (χ0) is 11.9. The van der Waals surface area contributed by atoms with E-state index in [1.807, 2.05) is 24.3 Å². The Labute approximate surface area is 107 Å². The van der Waals surface area contributed by atoms with Gasteiger partial charge in [0, 0.05) is 5.75 Å². The Balaban J connectivity index is 2.01. The van der Waals surface area contributed by atoms with Crippen LogP contribution in [-0.4, -0.2) is 0 Å². The van der Waals surface area contributed by atoms with Gasteiger partial charge in [-0.3, -0.25) is 0 Å². The highest BCUT2D eigenvalue weighted by Crippen LogP contribution is 2.30. The largest absolute Gasteiger partial charge is 0.136 e. The topological polar surface area (TPSA) is 0 Å². The van der Waals surface area contributed by atoms with E-state index in [1.54, 1.807) is 11.8 Å². The molecule has 0 heterocycles. The van der Waals surface area contributed by atoms with E-state index in [0.29, 0.717) is 0 Å². The van der Waals surface area contributed by atoms with Crippen LogP contribution in [0.3, 0.4) is 0 Å². The predicted molar refractivity (Wildman–Crippen MR) is 75.8 cm³/mol. The fraction of sp³-hybridized carbons (Fsp3) is 0.125. The second-order valence-corrected chi connectivity index (χ2v) is 4.85. The van der Waals surface area contributed by atoms with Crippen molar-refractivity contribution in [3.05, 3.63) is 71.8 Å². The van der Waals surface area contributed by atoms with Crippen LogP contribution in [0, 0.1) is 12.3 Å². The molecule has 2 aromatic carbocycles. The first-order chi connectivity index (χ1) is 8.40. The van der Waals surface area contributed by atoms with Crippen molar-refractivity contribution >= 4 is 11.8 Å². The minimum absolute atomic E-state index is 0.136. The van der Waals surface area contributed by atoms with Gasteiger partial charge in [0.15, 0.2) is 0 Å². The summed E-state index contributed by atoms with van der Waals surface area (Å²) in [4.78, 5) is 0. The zero-order valence-electron chi connectivity index (χ0n) is 9.54. The molecular formula is C16H14S. The van der Waals surface area contributed by atoms with Crippen molar-refractivity contribution in [3.8, 4) is 12.3 Å². The molecule has 1 heteroatoms. The molecule has 0 saturated heterocycles. The maximum Gasteiger partial charge on any atom is 0.0906 e. The molecule has 0 aliphatic rings. The molecule has 0 N–H and O–H groups in total. The summed E-state index contributed by atoms with van der Waals surface area (Å²) in [5.74, 6) is 3.80. The molecule has 84 valence electrons. The van der Waals surface area contributed by atoms with Crippen LogP contribution in [0.25, 0.3) is 0 Å². The van der Waals surface area contributed by atoms with Crippen LogP contribution in [0.1, 0.15) is 16.4 Å². The quantitative estimate of drug-likeness (QED) is 0.716.